The van der Waals surface area contributed by atoms with E-state index >= 15 is 0 Å². The van der Waals surface area contributed by atoms with Crippen molar-refractivity contribution in [3.63, 3.8) is 0 Å². The Morgan fingerprint density at radius 2 is 2.26 bits per heavy atom. The molecule has 0 saturated heterocycles. The van der Waals surface area contributed by atoms with Gasteiger partial charge in [-0.2, -0.15) is 0 Å². The number of aryl methyl sites for hydroxylation is 1. The highest BCUT2D eigenvalue weighted by molar-refractivity contribution is 9.10. The fourth-order valence-electron chi connectivity index (χ4n) is 1.74. The van der Waals surface area contributed by atoms with E-state index in [2.05, 4.69) is 28.2 Å². The number of carbonyl (C=O) groups is 1. The summed E-state index contributed by atoms with van der Waals surface area (Å²) in [6.07, 6.45) is 5.32. The van der Waals surface area contributed by atoms with E-state index in [1.165, 1.54) is 0 Å². The maximum Gasteiger partial charge on any atom is 0.267 e. The van der Waals surface area contributed by atoms with Gasteiger partial charge in [-0.1, -0.05) is 13.8 Å². The molecule has 4 nitrogen and oxygen atoms in total. The summed E-state index contributed by atoms with van der Waals surface area (Å²) in [6, 6.07) is 1.83. The van der Waals surface area contributed by atoms with Crippen molar-refractivity contribution in [2.45, 2.75) is 38.5 Å². The lowest BCUT2D eigenvalue weighted by molar-refractivity contribution is 0.0944. The van der Waals surface area contributed by atoms with Crippen molar-refractivity contribution in [2.24, 2.45) is 0 Å². The number of aromatic nitrogens is 1. The van der Waals surface area contributed by atoms with E-state index < -0.39 is 10.8 Å². The number of nitrogens with one attached hydrogen (secondary N) is 1. The molecule has 0 aromatic carbocycles. The maximum absolute atomic E-state index is 12.1. The summed E-state index contributed by atoms with van der Waals surface area (Å²) in [5.41, 5.74) is 0.666. The Kier molecular flexibility index (Phi) is 6.79. The van der Waals surface area contributed by atoms with Crippen LogP contribution in [0.25, 0.3) is 0 Å². The average molecular weight is 349 g/mol. The van der Waals surface area contributed by atoms with E-state index in [1.807, 2.05) is 23.8 Å². The van der Waals surface area contributed by atoms with Crippen molar-refractivity contribution in [2.75, 3.05) is 12.8 Å². The van der Waals surface area contributed by atoms with Crippen LogP contribution < -0.4 is 5.32 Å². The standard InChI is InChI=1S/C13H21BrN2O2S/c1-4-7-16-9-11(14)8-12(16)13(17)15-6-5-10(2)19(3)18/h8-10H,4-7H2,1-3H3,(H,15,17). The van der Waals surface area contributed by atoms with Crippen molar-refractivity contribution in [1.29, 1.82) is 0 Å². The van der Waals surface area contributed by atoms with Crippen LogP contribution in [0, 0.1) is 0 Å². The van der Waals surface area contributed by atoms with Crippen LogP contribution >= 0.6 is 15.9 Å². The van der Waals surface area contributed by atoms with Gasteiger partial charge in [-0.15, -0.1) is 0 Å². The average Bonchev–Trinajstić information content (AvgIpc) is 2.70. The molecule has 2 atom stereocenters. The second-order valence-corrected chi connectivity index (χ2v) is 7.31. The lowest BCUT2D eigenvalue weighted by Crippen LogP contribution is -2.29. The van der Waals surface area contributed by atoms with Crippen LogP contribution in [0.4, 0.5) is 0 Å². The van der Waals surface area contributed by atoms with Gasteiger partial charge in [-0.3, -0.25) is 9.00 Å². The van der Waals surface area contributed by atoms with Crippen molar-refractivity contribution >= 4 is 32.6 Å². The summed E-state index contributed by atoms with van der Waals surface area (Å²) in [5, 5.41) is 2.99. The van der Waals surface area contributed by atoms with E-state index in [9.17, 15) is 9.00 Å². The largest absolute Gasteiger partial charge is 0.351 e. The number of amides is 1. The Morgan fingerprint density at radius 1 is 1.58 bits per heavy atom. The van der Waals surface area contributed by atoms with Gasteiger partial charge in [0, 0.05) is 46.1 Å². The lowest BCUT2D eigenvalue weighted by Gasteiger charge is -2.11. The minimum absolute atomic E-state index is 0.0757. The minimum Gasteiger partial charge on any atom is -0.351 e. The third kappa shape index (κ3) is 5.10. The monoisotopic (exact) mass is 348 g/mol. The van der Waals surface area contributed by atoms with Gasteiger partial charge in [-0.25, -0.2) is 0 Å². The predicted octanol–water partition coefficient (Wildman–Crippen LogP) is 2.55. The molecule has 0 aliphatic heterocycles. The van der Waals surface area contributed by atoms with Crippen LogP contribution in [0.3, 0.4) is 0 Å². The maximum atomic E-state index is 12.1. The van der Waals surface area contributed by atoms with Gasteiger partial charge in [0.25, 0.3) is 5.91 Å². The number of carbonyl (C=O) groups excluding carboxylic acids is 1. The smallest absolute Gasteiger partial charge is 0.267 e. The second kappa shape index (κ2) is 7.85. The highest BCUT2D eigenvalue weighted by Crippen LogP contribution is 2.15. The van der Waals surface area contributed by atoms with Crippen molar-refractivity contribution in [3.05, 3.63) is 22.4 Å². The van der Waals surface area contributed by atoms with Gasteiger partial charge in [0.05, 0.1) is 0 Å². The number of hydrogen-bond acceptors (Lipinski definition) is 2. The van der Waals surface area contributed by atoms with E-state index in [0.717, 1.165) is 23.9 Å². The fraction of sp³-hybridized carbons (Fsp3) is 0.615. The summed E-state index contributed by atoms with van der Waals surface area (Å²) >= 11 is 3.39. The molecule has 1 aromatic rings. The Bertz CT molecular complexity index is 459. The molecular formula is C13H21BrN2O2S. The first-order valence-electron chi connectivity index (χ1n) is 6.41. The highest BCUT2D eigenvalue weighted by atomic mass is 79.9. The van der Waals surface area contributed by atoms with Gasteiger partial charge in [-0.05, 0) is 34.8 Å². The first-order chi connectivity index (χ1) is 8.95. The molecule has 6 heteroatoms. The normalized spacial score (nSPS) is 14.1. The lowest BCUT2D eigenvalue weighted by atomic mass is 10.3. The molecule has 19 heavy (non-hydrogen) atoms. The van der Waals surface area contributed by atoms with E-state index in [-0.39, 0.29) is 11.2 Å². The molecule has 108 valence electrons. The number of nitrogens with zero attached hydrogens (tertiary/aromatic N) is 1. The Balaban J connectivity index is 2.56. The molecule has 0 radical (unpaired) electrons. The van der Waals surface area contributed by atoms with Gasteiger partial charge in [0.2, 0.25) is 0 Å². The molecule has 0 bridgehead atoms. The molecule has 1 rings (SSSR count). The van der Waals surface area contributed by atoms with Gasteiger partial charge in [0.15, 0.2) is 0 Å². The molecule has 0 aliphatic rings. The first kappa shape index (κ1) is 16.4. The zero-order valence-corrected chi connectivity index (χ0v) is 14.0. The Hall–Kier alpha value is -0.620. The van der Waals surface area contributed by atoms with Crippen LogP contribution in [-0.2, 0) is 17.3 Å². The number of rotatable bonds is 7. The van der Waals surface area contributed by atoms with E-state index in [0.29, 0.717) is 12.2 Å². The zero-order valence-electron chi connectivity index (χ0n) is 11.6. The molecule has 1 N–H and O–H groups in total. The molecule has 1 heterocycles. The zero-order chi connectivity index (χ0) is 14.4. The quantitative estimate of drug-likeness (QED) is 0.823. The van der Waals surface area contributed by atoms with Crippen LogP contribution in [0.15, 0.2) is 16.7 Å². The first-order valence-corrected chi connectivity index (χ1v) is 8.83. The predicted molar refractivity (Wildman–Crippen MR) is 82.9 cm³/mol. The second-order valence-electron chi connectivity index (χ2n) is 4.59. The topological polar surface area (TPSA) is 51.1 Å². The summed E-state index contributed by atoms with van der Waals surface area (Å²) in [5.74, 6) is -0.0757. The third-order valence-corrected chi connectivity index (χ3v) is 4.77. The van der Waals surface area contributed by atoms with E-state index in [4.69, 9.17) is 0 Å². The summed E-state index contributed by atoms with van der Waals surface area (Å²) in [4.78, 5) is 12.1. The number of hydrogen-bond donors (Lipinski definition) is 1. The number of halogens is 1. The van der Waals surface area contributed by atoms with Crippen LogP contribution in [0.1, 0.15) is 37.2 Å². The van der Waals surface area contributed by atoms with Crippen molar-refractivity contribution < 1.29 is 9.00 Å². The molecule has 1 aromatic heterocycles. The highest BCUT2D eigenvalue weighted by Gasteiger charge is 2.13. The molecular weight excluding hydrogens is 328 g/mol. The molecule has 0 spiro atoms. The Morgan fingerprint density at radius 3 is 2.84 bits per heavy atom. The van der Waals surface area contributed by atoms with Crippen molar-refractivity contribution in [3.8, 4) is 0 Å². The fourth-order valence-corrected chi connectivity index (χ4v) is 2.65. The van der Waals surface area contributed by atoms with Crippen LogP contribution in [-0.4, -0.2) is 32.7 Å². The SMILES string of the molecule is CCCn1cc(Br)cc1C(=O)NCCC(C)S(C)=O. The molecule has 1 amide bonds. The van der Waals surface area contributed by atoms with Gasteiger partial charge >= 0.3 is 0 Å². The van der Waals surface area contributed by atoms with E-state index in [1.54, 1.807) is 6.26 Å². The summed E-state index contributed by atoms with van der Waals surface area (Å²) in [7, 11) is -0.837. The van der Waals surface area contributed by atoms with Gasteiger partial charge < -0.3 is 9.88 Å². The van der Waals surface area contributed by atoms with Crippen LogP contribution in [0.2, 0.25) is 0 Å². The van der Waals surface area contributed by atoms with Crippen LogP contribution in [0.5, 0.6) is 0 Å². The molecule has 0 fully saturated rings. The third-order valence-electron chi connectivity index (χ3n) is 2.96. The Labute approximate surface area is 125 Å². The summed E-state index contributed by atoms with van der Waals surface area (Å²) in [6.45, 7) is 5.38. The minimum atomic E-state index is -0.837. The molecule has 0 saturated carbocycles. The molecule has 0 aliphatic carbocycles. The van der Waals surface area contributed by atoms with Gasteiger partial charge in [0.1, 0.15) is 5.69 Å². The molecule has 2 unspecified atom stereocenters. The van der Waals surface area contributed by atoms with Crippen molar-refractivity contribution in [1.82, 2.24) is 9.88 Å². The summed E-state index contributed by atoms with van der Waals surface area (Å²) < 4.78 is 14.1.